The van der Waals surface area contributed by atoms with Crippen LogP contribution in [0.1, 0.15) is 30.3 Å². The molecule has 0 spiro atoms. The highest BCUT2D eigenvalue weighted by atomic mass is 19.1. The zero-order chi connectivity index (χ0) is 19.8. The summed E-state index contributed by atoms with van der Waals surface area (Å²) >= 11 is 0. The molecule has 1 saturated heterocycles. The van der Waals surface area contributed by atoms with Gasteiger partial charge in [0.1, 0.15) is 0 Å². The molecule has 9 heteroatoms. The Hall–Kier alpha value is -3.07. The normalized spacial score (nSPS) is 16.1. The Bertz CT molecular complexity index is 1120. The molecule has 0 unspecified atom stereocenters. The first-order valence-electron chi connectivity index (χ1n) is 9.83. The van der Waals surface area contributed by atoms with Gasteiger partial charge in [-0.25, -0.2) is 18.9 Å². The molecular weight excluding hydrogens is 371 g/mol. The number of piperidine rings is 1. The minimum absolute atomic E-state index is 0.438. The monoisotopic (exact) mass is 394 g/mol. The molecule has 1 fully saturated rings. The summed E-state index contributed by atoms with van der Waals surface area (Å²) in [6, 6.07) is 4.35. The maximum Gasteiger partial charge on any atom is 0.166 e. The third-order valence-corrected chi connectivity index (χ3v) is 5.68. The lowest BCUT2D eigenvalue weighted by Crippen LogP contribution is -2.31. The van der Waals surface area contributed by atoms with Gasteiger partial charge in [0.25, 0.3) is 0 Å². The highest BCUT2D eigenvalue weighted by Gasteiger charge is 2.19. The van der Waals surface area contributed by atoms with Crippen molar-refractivity contribution in [3.05, 3.63) is 54.6 Å². The van der Waals surface area contributed by atoms with Crippen molar-refractivity contribution in [3.63, 3.8) is 0 Å². The lowest BCUT2D eigenvalue weighted by Gasteiger charge is -2.28. The zero-order valence-corrected chi connectivity index (χ0v) is 16.3. The second-order valence-corrected chi connectivity index (χ2v) is 7.63. The first kappa shape index (κ1) is 18.0. The van der Waals surface area contributed by atoms with Crippen LogP contribution in [0, 0.1) is 0 Å². The number of nitrogens with zero attached hydrogens (tertiary/aromatic N) is 8. The summed E-state index contributed by atoms with van der Waals surface area (Å²) in [5, 5.41) is 9.38. The van der Waals surface area contributed by atoms with Gasteiger partial charge in [-0.1, -0.05) is 0 Å². The van der Waals surface area contributed by atoms with Crippen molar-refractivity contribution in [2.24, 2.45) is 0 Å². The predicted octanol–water partition coefficient (Wildman–Crippen LogP) is 2.57. The van der Waals surface area contributed by atoms with E-state index in [1.165, 1.54) is 10.9 Å². The molecule has 0 aromatic carbocycles. The van der Waals surface area contributed by atoms with Gasteiger partial charge in [0.2, 0.25) is 0 Å². The Morgan fingerprint density at radius 1 is 1.10 bits per heavy atom. The fourth-order valence-electron chi connectivity index (χ4n) is 3.91. The lowest BCUT2D eigenvalue weighted by atomic mass is 10.1. The molecule has 0 atom stereocenters. The van der Waals surface area contributed by atoms with E-state index in [9.17, 15) is 4.39 Å². The minimum atomic E-state index is -0.596. The van der Waals surface area contributed by atoms with E-state index in [0.29, 0.717) is 12.5 Å². The van der Waals surface area contributed by atoms with Gasteiger partial charge in [0.15, 0.2) is 12.4 Å². The van der Waals surface area contributed by atoms with Crippen LogP contribution in [0.4, 0.5) is 4.39 Å². The molecule has 0 radical (unpaired) electrons. The molecule has 0 saturated carbocycles. The van der Waals surface area contributed by atoms with Gasteiger partial charge in [-0.15, -0.1) is 0 Å². The van der Waals surface area contributed by atoms with Crippen molar-refractivity contribution >= 4 is 5.65 Å². The summed E-state index contributed by atoms with van der Waals surface area (Å²) in [6.45, 7) is 1.59. The molecule has 0 amide bonds. The lowest BCUT2D eigenvalue weighted by molar-refractivity contribution is 0.212. The molecule has 5 rings (SSSR count). The third-order valence-electron chi connectivity index (χ3n) is 5.68. The van der Waals surface area contributed by atoms with E-state index in [4.69, 9.17) is 5.10 Å². The Morgan fingerprint density at radius 2 is 1.97 bits per heavy atom. The molecule has 8 nitrogen and oxygen atoms in total. The second kappa shape index (κ2) is 7.40. The summed E-state index contributed by atoms with van der Waals surface area (Å²) in [7, 11) is 2.16. The molecule has 0 aliphatic carbocycles. The summed E-state index contributed by atoms with van der Waals surface area (Å²) in [6.07, 6.45) is 11.6. The topological polar surface area (TPSA) is 69.1 Å². The van der Waals surface area contributed by atoms with Crippen molar-refractivity contribution in [2.75, 3.05) is 20.1 Å². The van der Waals surface area contributed by atoms with Gasteiger partial charge < -0.3 is 9.47 Å². The summed E-state index contributed by atoms with van der Waals surface area (Å²) in [5.74, 6) is 0. The largest absolute Gasteiger partial charge is 0.306 e. The quantitative estimate of drug-likeness (QED) is 0.520. The Balaban J connectivity index is 1.43. The fraction of sp³-hybridized carbons (Fsp3) is 0.400. The average molecular weight is 394 g/mol. The van der Waals surface area contributed by atoms with Crippen LogP contribution in [-0.4, -0.2) is 59.0 Å². The van der Waals surface area contributed by atoms with Crippen molar-refractivity contribution < 1.29 is 4.39 Å². The van der Waals surface area contributed by atoms with Gasteiger partial charge in [-0.3, -0.25) is 4.68 Å². The predicted molar refractivity (Wildman–Crippen MR) is 106 cm³/mol. The van der Waals surface area contributed by atoms with E-state index < -0.39 is 6.80 Å². The van der Waals surface area contributed by atoms with Crippen molar-refractivity contribution in [1.82, 2.24) is 38.8 Å². The standard InChI is InChI=1S/C20H23FN8/c1-26-6-4-16(5-7-26)28-12-15(9-24-28)19-2-3-20-23-11-18(29(20)25-19)8-17-10-22-14-27(17)13-21/h2-3,9-12,14,16H,4-8,13H2,1H3. The zero-order valence-electron chi connectivity index (χ0n) is 16.3. The maximum absolute atomic E-state index is 13.1. The molecular formula is C20H23FN8. The van der Waals surface area contributed by atoms with Crippen LogP contribution < -0.4 is 0 Å². The van der Waals surface area contributed by atoms with Gasteiger partial charge in [-0.05, 0) is 45.1 Å². The Labute approximate surface area is 167 Å². The molecule has 0 N–H and O–H groups in total. The third kappa shape index (κ3) is 3.42. The van der Waals surface area contributed by atoms with Gasteiger partial charge in [0.05, 0.1) is 36.2 Å². The number of alkyl halides is 1. The van der Waals surface area contributed by atoms with Crippen LogP contribution in [0.25, 0.3) is 16.9 Å². The SMILES string of the molecule is CN1CCC(n2cc(-c3ccc4ncc(Cc5cncn5CF)n4n3)cn2)CC1. The van der Waals surface area contributed by atoms with Crippen LogP contribution in [0.5, 0.6) is 0 Å². The van der Waals surface area contributed by atoms with Crippen LogP contribution in [-0.2, 0) is 13.2 Å². The number of hydrogen-bond donors (Lipinski definition) is 0. The number of fused-ring (bicyclic) bond motifs is 1. The number of aromatic nitrogens is 7. The second-order valence-electron chi connectivity index (χ2n) is 7.63. The average Bonchev–Trinajstić information content (AvgIpc) is 3.48. The fourth-order valence-corrected chi connectivity index (χ4v) is 3.91. The summed E-state index contributed by atoms with van der Waals surface area (Å²) < 4.78 is 18.5. The van der Waals surface area contributed by atoms with Crippen molar-refractivity contribution in [2.45, 2.75) is 32.1 Å². The van der Waals surface area contributed by atoms with Crippen LogP contribution in [0.15, 0.2) is 43.2 Å². The Morgan fingerprint density at radius 3 is 2.79 bits per heavy atom. The molecule has 1 aliphatic heterocycles. The molecule has 0 bridgehead atoms. The maximum atomic E-state index is 13.1. The highest BCUT2D eigenvalue weighted by molar-refractivity contribution is 5.58. The molecule has 29 heavy (non-hydrogen) atoms. The number of rotatable bonds is 5. The Kier molecular flexibility index (Phi) is 4.59. The van der Waals surface area contributed by atoms with Gasteiger partial charge in [0, 0.05) is 30.1 Å². The van der Waals surface area contributed by atoms with Gasteiger partial charge >= 0.3 is 0 Å². The smallest absolute Gasteiger partial charge is 0.166 e. The van der Waals surface area contributed by atoms with Crippen LogP contribution in [0.2, 0.25) is 0 Å². The van der Waals surface area contributed by atoms with Crippen LogP contribution in [0.3, 0.4) is 0 Å². The molecule has 5 heterocycles. The molecule has 1 aliphatic rings. The number of hydrogen-bond acceptors (Lipinski definition) is 5. The highest BCUT2D eigenvalue weighted by Crippen LogP contribution is 2.24. The molecule has 150 valence electrons. The van der Waals surface area contributed by atoms with E-state index in [2.05, 4.69) is 37.9 Å². The first-order chi connectivity index (χ1) is 14.2. The van der Waals surface area contributed by atoms with E-state index >= 15 is 0 Å². The first-order valence-corrected chi connectivity index (χ1v) is 9.83. The van der Waals surface area contributed by atoms with E-state index in [1.807, 2.05) is 22.8 Å². The van der Waals surface area contributed by atoms with Crippen molar-refractivity contribution in [3.8, 4) is 11.3 Å². The molecule has 4 aromatic rings. The van der Waals surface area contributed by atoms with Crippen molar-refractivity contribution in [1.29, 1.82) is 0 Å². The van der Waals surface area contributed by atoms with E-state index in [-0.39, 0.29) is 0 Å². The number of halogens is 1. The number of imidazole rings is 2. The molecule has 4 aromatic heterocycles. The van der Waals surface area contributed by atoms with Gasteiger partial charge in [-0.2, -0.15) is 10.2 Å². The number of likely N-dealkylation sites (tertiary alicyclic amines) is 1. The summed E-state index contributed by atoms with van der Waals surface area (Å²) in [4.78, 5) is 10.8. The van der Waals surface area contributed by atoms with E-state index in [1.54, 1.807) is 12.4 Å². The summed E-state index contributed by atoms with van der Waals surface area (Å²) in [5.41, 5.74) is 4.27. The minimum Gasteiger partial charge on any atom is -0.306 e. The van der Waals surface area contributed by atoms with E-state index in [0.717, 1.165) is 54.2 Å². The van der Waals surface area contributed by atoms with Crippen LogP contribution >= 0.6 is 0 Å².